The van der Waals surface area contributed by atoms with E-state index in [2.05, 4.69) is 67.6 Å². The highest BCUT2D eigenvalue weighted by molar-refractivity contribution is 6.14. The van der Waals surface area contributed by atoms with Gasteiger partial charge in [-0.2, -0.15) is 0 Å². The summed E-state index contributed by atoms with van der Waals surface area (Å²) < 4.78 is 0. The minimum absolute atomic E-state index is 0.102. The summed E-state index contributed by atoms with van der Waals surface area (Å²) in [5, 5.41) is 0. The van der Waals surface area contributed by atoms with Gasteiger partial charge in [0.15, 0.2) is 5.84 Å². The second-order valence-corrected chi connectivity index (χ2v) is 6.37. The van der Waals surface area contributed by atoms with Crippen LogP contribution >= 0.6 is 0 Å². The van der Waals surface area contributed by atoms with Crippen molar-refractivity contribution in [1.82, 2.24) is 0 Å². The van der Waals surface area contributed by atoms with Crippen molar-refractivity contribution in [2.24, 2.45) is 9.98 Å². The molecule has 0 N–H and O–H groups in total. The summed E-state index contributed by atoms with van der Waals surface area (Å²) in [6, 6.07) is 29.4. The van der Waals surface area contributed by atoms with E-state index in [4.69, 9.17) is 9.98 Å². The Morgan fingerprint density at radius 1 is 0.720 bits per heavy atom. The first kappa shape index (κ1) is 15.5. The summed E-state index contributed by atoms with van der Waals surface area (Å²) in [6.45, 7) is 2.11. The van der Waals surface area contributed by atoms with Crippen molar-refractivity contribution in [3.63, 3.8) is 0 Å². The summed E-state index contributed by atoms with van der Waals surface area (Å²) in [7, 11) is 0. The van der Waals surface area contributed by atoms with Crippen LogP contribution in [0.1, 0.15) is 34.7 Å². The molecule has 4 rings (SSSR count). The summed E-state index contributed by atoms with van der Waals surface area (Å²) in [6.07, 6.45) is 0.823. The van der Waals surface area contributed by atoms with Crippen LogP contribution in [0.4, 0.5) is 0 Å². The van der Waals surface area contributed by atoms with E-state index in [-0.39, 0.29) is 6.04 Å². The van der Waals surface area contributed by atoms with Gasteiger partial charge in [0.25, 0.3) is 0 Å². The van der Waals surface area contributed by atoms with Crippen LogP contribution in [0.5, 0.6) is 0 Å². The lowest BCUT2D eigenvalue weighted by Crippen LogP contribution is -2.17. The second-order valence-electron chi connectivity index (χ2n) is 6.37. The molecule has 25 heavy (non-hydrogen) atoms. The molecular weight excluding hydrogens is 304 g/mol. The highest BCUT2D eigenvalue weighted by atomic mass is 15.0. The Hall–Kier alpha value is -3.00. The molecule has 0 fully saturated rings. The predicted octanol–water partition coefficient (Wildman–Crippen LogP) is 5.38. The van der Waals surface area contributed by atoms with Gasteiger partial charge in [-0.3, -0.25) is 4.99 Å². The highest BCUT2D eigenvalue weighted by Gasteiger charge is 2.21. The van der Waals surface area contributed by atoms with Crippen LogP contribution in [0.25, 0.3) is 0 Å². The van der Waals surface area contributed by atoms with Crippen LogP contribution in [0, 0.1) is 6.92 Å². The number of aryl methyl sites for hydroxylation is 1. The predicted molar refractivity (Wildman–Crippen MR) is 104 cm³/mol. The number of benzene rings is 3. The zero-order valence-corrected chi connectivity index (χ0v) is 14.3. The Morgan fingerprint density at radius 2 is 1.36 bits per heavy atom. The highest BCUT2D eigenvalue weighted by Crippen LogP contribution is 2.28. The number of nitrogens with zero attached hydrogens (tertiary/aromatic N) is 2. The Morgan fingerprint density at radius 3 is 2.04 bits per heavy atom. The maximum Gasteiger partial charge on any atom is 0.155 e. The van der Waals surface area contributed by atoms with Gasteiger partial charge in [-0.05, 0) is 18.1 Å². The molecule has 0 spiro atoms. The maximum absolute atomic E-state index is 4.94. The Balaban J connectivity index is 1.78. The zero-order valence-electron chi connectivity index (χ0n) is 14.3. The largest absolute Gasteiger partial charge is 0.258 e. The van der Waals surface area contributed by atoms with E-state index in [1.165, 1.54) is 16.7 Å². The minimum atomic E-state index is 0.102. The third-order valence-corrected chi connectivity index (χ3v) is 4.51. The Labute approximate surface area is 148 Å². The van der Waals surface area contributed by atoms with Gasteiger partial charge in [0, 0.05) is 12.0 Å². The molecule has 0 aliphatic carbocycles. The molecule has 0 bridgehead atoms. The quantitative estimate of drug-likeness (QED) is 0.618. The number of rotatable bonds is 3. The third kappa shape index (κ3) is 3.43. The van der Waals surface area contributed by atoms with Crippen molar-refractivity contribution >= 4 is 11.5 Å². The van der Waals surface area contributed by atoms with Crippen LogP contribution < -0.4 is 0 Å². The van der Waals surface area contributed by atoms with Gasteiger partial charge in [0.1, 0.15) is 0 Å². The van der Waals surface area contributed by atoms with Gasteiger partial charge in [-0.15, -0.1) is 0 Å². The van der Waals surface area contributed by atoms with Crippen LogP contribution in [-0.2, 0) is 0 Å². The van der Waals surface area contributed by atoms with Gasteiger partial charge in [0.05, 0.1) is 11.8 Å². The third-order valence-electron chi connectivity index (χ3n) is 4.51. The average Bonchev–Trinajstić information content (AvgIpc) is 2.69. The normalized spacial score (nSPS) is 16.9. The molecule has 0 amide bonds. The van der Waals surface area contributed by atoms with E-state index >= 15 is 0 Å². The van der Waals surface area contributed by atoms with Crippen molar-refractivity contribution in [2.45, 2.75) is 19.4 Å². The molecular formula is C23H20N2. The van der Waals surface area contributed by atoms with Crippen molar-refractivity contribution in [2.75, 3.05) is 0 Å². The molecule has 0 saturated carbocycles. The minimum Gasteiger partial charge on any atom is -0.258 e. The molecule has 122 valence electrons. The molecule has 1 aliphatic heterocycles. The standard InChI is InChI=1S/C23H20N2/c1-17-12-14-19(15-13-17)22-16-21(18-8-4-2-5-9-18)24-23(25-22)20-10-6-3-7-11-20/h2-15,21H,16H2,1H3. The van der Waals surface area contributed by atoms with Gasteiger partial charge < -0.3 is 0 Å². The van der Waals surface area contributed by atoms with Crippen molar-refractivity contribution in [1.29, 1.82) is 0 Å². The molecule has 3 aromatic carbocycles. The molecule has 2 heteroatoms. The first-order valence-corrected chi connectivity index (χ1v) is 8.62. The van der Waals surface area contributed by atoms with Crippen LogP contribution in [0.3, 0.4) is 0 Å². The van der Waals surface area contributed by atoms with Crippen LogP contribution in [0.15, 0.2) is 94.9 Å². The molecule has 1 aliphatic rings. The first-order valence-electron chi connectivity index (χ1n) is 8.62. The van der Waals surface area contributed by atoms with Gasteiger partial charge in [-0.1, -0.05) is 90.5 Å². The zero-order chi connectivity index (χ0) is 17.1. The van der Waals surface area contributed by atoms with E-state index in [1.807, 2.05) is 24.3 Å². The number of aliphatic imine (C=N–C) groups is 2. The van der Waals surface area contributed by atoms with E-state index < -0.39 is 0 Å². The van der Waals surface area contributed by atoms with Gasteiger partial charge in [-0.25, -0.2) is 4.99 Å². The Bertz CT molecular complexity index is 907. The lowest BCUT2D eigenvalue weighted by molar-refractivity contribution is 0.753. The summed E-state index contributed by atoms with van der Waals surface area (Å²) >= 11 is 0. The smallest absolute Gasteiger partial charge is 0.155 e. The van der Waals surface area contributed by atoms with Crippen molar-refractivity contribution < 1.29 is 0 Å². The lowest BCUT2D eigenvalue weighted by Gasteiger charge is -2.21. The average molecular weight is 324 g/mol. The number of hydrogen-bond donors (Lipinski definition) is 0. The fourth-order valence-corrected chi connectivity index (χ4v) is 3.10. The molecule has 1 heterocycles. The van der Waals surface area contributed by atoms with Crippen LogP contribution in [0.2, 0.25) is 0 Å². The molecule has 1 atom stereocenters. The summed E-state index contributed by atoms with van der Waals surface area (Å²) in [5.74, 6) is 0.816. The van der Waals surface area contributed by atoms with Crippen LogP contribution in [-0.4, -0.2) is 11.5 Å². The van der Waals surface area contributed by atoms with E-state index in [0.717, 1.165) is 23.5 Å². The van der Waals surface area contributed by atoms with Crippen molar-refractivity contribution in [3.8, 4) is 0 Å². The maximum atomic E-state index is 4.94. The lowest BCUT2D eigenvalue weighted by atomic mass is 9.95. The fourth-order valence-electron chi connectivity index (χ4n) is 3.10. The number of amidine groups is 1. The molecule has 0 saturated heterocycles. The van der Waals surface area contributed by atoms with Crippen molar-refractivity contribution in [3.05, 3.63) is 107 Å². The van der Waals surface area contributed by atoms with Gasteiger partial charge in [0.2, 0.25) is 0 Å². The van der Waals surface area contributed by atoms with Gasteiger partial charge >= 0.3 is 0 Å². The van der Waals surface area contributed by atoms with E-state index in [0.29, 0.717) is 0 Å². The monoisotopic (exact) mass is 324 g/mol. The molecule has 1 unspecified atom stereocenters. The molecule has 2 nitrogen and oxygen atoms in total. The van der Waals surface area contributed by atoms with E-state index in [1.54, 1.807) is 0 Å². The number of hydrogen-bond acceptors (Lipinski definition) is 2. The summed E-state index contributed by atoms with van der Waals surface area (Å²) in [5.41, 5.74) is 5.83. The van der Waals surface area contributed by atoms with E-state index in [9.17, 15) is 0 Å². The second kappa shape index (κ2) is 6.86. The fraction of sp³-hybridized carbons (Fsp3) is 0.130. The Kier molecular flexibility index (Phi) is 4.26. The SMILES string of the molecule is Cc1ccc(C2=NC(c3ccccc3)=NC(c3ccccc3)C2)cc1. The molecule has 0 aromatic heterocycles. The summed E-state index contributed by atoms with van der Waals surface area (Å²) in [4.78, 5) is 9.84. The first-order chi connectivity index (χ1) is 12.3. The topological polar surface area (TPSA) is 24.7 Å². The molecule has 3 aromatic rings. The molecule has 0 radical (unpaired) electrons.